The topological polar surface area (TPSA) is 122 Å². The highest BCUT2D eigenvalue weighted by Gasteiger charge is 2.20. The molecule has 7 heteroatoms. The monoisotopic (exact) mass is 259 g/mol. The van der Waals surface area contributed by atoms with Gasteiger partial charge in [0.15, 0.2) is 0 Å². The molecule has 0 radical (unpaired) electrons. The van der Waals surface area contributed by atoms with Crippen molar-refractivity contribution in [2.45, 2.75) is 39.3 Å². The zero-order valence-corrected chi connectivity index (χ0v) is 10.9. The van der Waals surface area contributed by atoms with Crippen molar-refractivity contribution in [3.63, 3.8) is 0 Å². The Morgan fingerprint density at radius 2 is 1.72 bits per heavy atom. The fourth-order valence-corrected chi connectivity index (χ4v) is 1.32. The number of carboxylic acids is 1. The number of aliphatic carboxylic acids is 1. The molecule has 0 unspecified atom stereocenters. The van der Waals surface area contributed by atoms with Crippen molar-refractivity contribution in [3.8, 4) is 0 Å². The lowest BCUT2D eigenvalue weighted by Crippen LogP contribution is -2.51. The standard InChI is InChI=1S/C11H21N3O4/c1-6(2)4-8(12)11(18)14-7(3)10(17)13-5-9(15)16/h6-8H,4-5,12H2,1-3H3,(H,13,17)(H,14,18)(H,15,16)/t7-,8-/m0/s1. The van der Waals surface area contributed by atoms with Gasteiger partial charge in [0.25, 0.3) is 0 Å². The molecule has 0 aromatic heterocycles. The fraction of sp³-hybridized carbons (Fsp3) is 0.727. The first kappa shape index (κ1) is 16.4. The Bertz CT molecular complexity index is 317. The molecule has 0 aliphatic rings. The summed E-state index contributed by atoms with van der Waals surface area (Å²) in [5.41, 5.74) is 5.65. The highest BCUT2D eigenvalue weighted by atomic mass is 16.4. The van der Waals surface area contributed by atoms with Gasteiger partial charge >= 0.3 is 5.97 Å². The molecule has 0 fully saturated rings. The van der Waals surface area contributed by atoms with E-state index in [0.29, 0.717) is 6.42 Å². The quantitative estimate of drug-likeness (QED) is 0.470. The molecule has 0 aromatic rings. The Morgan fingerprint density at radius 1 is 1.17 bits per heavy atom. The minimum Gasteiger partial charge on any atom is -0.480 e. The van der Waals surface area contributed by atoms with Crippen LogP contribution in [0.4, 0.5) is 0 Å². The van der Waals surface area contributed by atoms with Gasteiger partial charge in [-0.25, -0.2) is 0 Å². The molecule has 0 aliphatic heterocycles. The molecule has 0 aliphatic carbocycles. The average Bonchev–Trinajstić information content (AvgIpc) is 2.24. The maximum absolute atomic E-state index is 11.6. The van der Waals surface area contributed by atoms with Crippen LogP contribution in [0.2, 0.25) is 0 Å². The van der Waals surface area contributed by atoms with E-state index < -0.39 is 36.4 Å². The maximum Gasteiger partial charge on any atom is 0.322 e. The van der Waals surface area contributed by atoms with Crippen LogP contribution >= 0.6 is 0 Å². The molecule has 18 heavy (non-hydrogen) atoms. The minimum atomic E-state index is -1.14. The van der Waals surface area contributed by atoms with E-state index in [2.05, 4.69) is 10.6 Å². The smallest absolute Gasteiger partial charge is 0.322 e. The molecule has 2 amide bonds. The number of amides is 2. The molecule has 0 saturated carbocycles. The molecule has 0 aromatic carbocycles. The Labute approximate surface area is 106 Å². The number of hydrogen-bond acceptors (Lipinski definition) is 4. The lowest BCUT2D eigenvalue weighted by atomic mass is 10.0. The molecule has 7 nitrogen and oxygen atoms in total. The van der Waals surface area contributed by atoms with Gasteiger partial charge in [-0.1, -0.05) is 13.8 Å². The zero-order chi connectivity index (χ0) is 14.3. The van der Waals surface area contributed by atoms with Gasteiger partial charge in [0.2, 0.25) is 11.8 Å². The predicted molar refractivity (Wildman–Crippen MR) is 65.7 cm³/mol. The first-order valence-electron chi connectivity index (χ1n) is 5.79. The SMILES string of the molecule is CC(C)C[C@H](N)C(=O)N[C@@H](C)C(=O)NCC(=O)O. The van der Waals surface area contributed by atoms with Gasteiger partial charge in [-0.05, 0) is 19.3 Å². The molecule has 0 saturated heterocycles. The lowest BCUT2D eigenvalue weighted by Gasteiger charge is -2.18. The van der Waals surface area contributed by atoms with Crippen molar-refractivity contribution >= 4 is 17.8 Å². The largest absolute Gasteiger partial charge is 0.480 e. The van der Waals surface area contributed by atoms with Crippen LogP contribution in [-0.2, 0) is 14.4 Å². The van der Waals surface area contributed by atoms with Gasteiger partial charge in [0.1, 0.15) is 12.6 Å². The number of hydrogen-bond donors (Lipinski definition) is 4. The van der Waals surface area contributed by atoms with Gasteiger partial charge in [-0.15, -0.1) is 0 Å². The summed E-state index contributed by atoms with van der Waals surface area (Å²) in [6.45, 7) is 4.88. The number of nitrogens with one attached hydrogen (secondary N) is 2. The normalized spacial score (nSPS) is 13.8. The van der Waals surface area contributed by atoms with Gasteiger partial charge in [0.05, 0.1) is 6.04 Å². The predicted octanol–water partition coefficient (Wildman–Crippen LogP) is -0.935. The summed E-state index contributed by atoms with van der Waals surface area (Å²) in [4.78, 5) is 33.3. The second-order valence-electron chi connectivity index (χ2n) is 4.58. The lowest BCUT2D eigenvalue weighted by molar-refractivity contribution is -0.138. The number of carbonyl (C=O) groups excluding carboxylic acids is 2. The zero-order valence-electron chi connectivity index (χ0n) is 10.9. The second-order valence-corrected chi connectivity index (χ2v) is 4.58. The van der Waals surface area contributed by atoms with Crippen molar-refractivity contribution in [2.75, 3.05) is 6.54 Å². The van der Waals surface area contributed by atoms with E-state index in [0.717, 1.165) is 0 Å². The number of carbonyl (C=O) groups is 3. The molecule has 104 valence electrons. The van der Waals surface area contributed by atoms with E-state index in [4.69, 9.17) is 10.8 Å². The number of nitrogens with two attached hydrogens (primary N) is 1. The van der Waals surface area contributed by atoms with Crippen molar-refractivity contribution in [3.05, 3.63) is 0 Å². The van der Waals surface area contributed by atoms with E-state index in [1.807, 2.05) is 13.8 Å². The van der Waals surface area contributed by atoms with Gasteiger partial charge < -0.3 is 21.5 Å². The highest BCUT2D eigenvalue weighted by molar-refractivity contribution is 5.90. The van der Waals surface area contributed by atoms with E-state index in [9.17, 15) is 14.4 Å². The van der Waals surface area contributed by atoms with Gasteiger partial charge in [0, 0.05) is 0 Å². The Hall–Kier alpha value is -1.63. The van der Waals surface area contributed by atoms with Gasteiger partial charge in [-0.2, -0.15) is 0 Å². The molecular formula is C11H21N3O4. The molecule has 0 bridgehead atoms. The maximum atomic E-state index is 11.6. The molecule has 0 spiro atoms. The molecular weight excluding hydrogens is 238 g/mol. The molecule has 0 rings (SSSR count). The fourth-order valence-electron chi connectivity index (χ4n) is 1.32. The van der Waals surface area contributed by atoms with Crippen LogP contribution in [-0.4, -0.2) is 41.5 Å². The van der Waals surface area contributed by atoms with Crippen molar-refractivity contribution in [1.29, 1.82) is 0 Å². The highest BCUT2D eigenvalue weighted by Crippen LogP contribution is 2.02. The summed E-state index contributed by atoms with van der Waals surface area (Å²) in [5, 5.41) is 13.0. The Kier molecular flexibility index (Phi) is 6.96. The third-order valence-electron chi connectivity index (χ3n) is 2.23. The van der Waals surface area contributed by atoms with Gasteiger partial charge in [-0.3, -0.25) is 14.4 Å². The van der Waals surface area contributed by atoms with Crippen LogP contribution < -0.4 is 16.4 Å². The number of rotatable bonds is 7. The average molecular weight is 259 g/mol. The van der Waals surface area contributed by atoms with Crippen LogP contribution in [0, 0.1) is 5.92 Å². The van der Waals surface area contributed by atoms with E-state index in [1.54, 1.807) is 0 Å². The van der Waals surface area contributed by atoms with E-state index >= 15 is 0 Å². The molecule has 5 N–H and O–H groups in total. The van der Waals surface area contributed by atoms with Crippen molar-refractivity contribution < 1.29 is 19.5 Å². The summed E-state index contributed by atoms with van der Waals surface area (Å²) in [5.74, 6) is -1.83. The van der Waals surface area contributed by atoms with Crippen LogP contribution in [0.3, 0.4) is 0 Å². The first-order valence-corrected chi connectivity index (χ1v) is 5.79. The van der Waals surface area contributed by atoms with Crippen LogP contribution in [0.25, 0.3) is 0 Å². The third kappa shape index (κ3) is 6.85. The Morgan fingerprint density at radius 3 is 2.17 bits per heavy atom. The minimum absolute atomic E-state index is 0.280. The summed E-state index contributed by atoms with van der Waals surface area (Å²) in [6.07, 6.45) is 0.523. The molecule has 0 heterocycles. The van der Waals surface area contributed by atoms with E-state index in [1.165, 1.54) is 6.92 Å². The summed E-state index contributed by atoms with van der Waals surface area (Å²) >= 11 is 0. The van der Waals surface area contributed by atoms with Crippen LogP contribution in [0.15, 0.2) is 0 Å². The second kappa shape index (κ2) is 7.65. The Balaban J connectivity index is 4.13. The summed E-state index contributed by atoms with van der Waals surface area (Å²) in [7, 11) is 0. The van der Waals surface area contributed by atoms with Crippen LogP contribution in [0.1, 0.15) is 27.2 Å². The van der Waals surface area contributed by atoms with E-state index in [-0.39, 0.29) is 5.92 Å². The first-order chi connectivity index (χ1) is 8.23. The third-order valence-corrected chi connectivity index (χ3v) is 2.23. The molecule has 2 atom stereocenters. The van der Waals surface area contributed by atoms with Crippen molar-refractivity contribution in [2.24, 2.45) is 11.7 Å². The number of carboxylic acid groups (broad SMARTS) is 1. The van der Waals surface area contributed by atoms with Crippen molar-refractivity contribution in [1.82, 2.24) is 10.6 Å². The summed E-state index contributed by atoms with van der Waals surface area (Å²) < 4.78 is 0. The van der Waals surface area contributed by atoms with Crippen LogP contribution in [0.5, 0.6) is 0 Å². The summed E-state index contributed by atoms with van der Waals surface area (Å²) in [6, 6.07) is -1.48.